The van der Waals surface area contributed by atoms with Crippen LogP contribution in [0.5, 0.6) is 5.75 Å². The lowest BCUT2D eigenvalue weighted by molar-refractivity contribution is 0.0979. The molecule has 0 atom stereocenters. The van der Waals surface area contributed by atoms with Gasteiger partial charge in [0, 0.05) is 12.0 Å². The van der Waals surface area contributed by atoms with Crippen LogP contribution in [-0.4, -0.2) is 10.9 Å². The van der Waals surface area contributed by atoms with E-state index in [1.165, 1.54) is 57.1 Å². The number of phenolic OH excluding ortho intramolecular Hbond substituents is 1. The van der Waals surface area contributed by atoms with Crippen LogP contribution >= 0.6 is 0 Å². The fourth-order valence-corrected chi connectivity index (χ4v) is 3.28. The molecule has 0 aliphatic heterocycles. The SMILES string of the molecule is CCCCCCCCCCCC(=O)c1ccc(-c2ccc(O)c(F)c2)cc1. The number of phenols is 1. The molecule has 0 spiro atoms. The van der Waals surface area contributed by atoms with Crippen molar-refractivity contribution in [3.8, 4) is 16.9 Å². The van der Waals surface area contributed by atoms with Gasteiger partial charge in [0.05, 0.1) is 0 Å². The molecule has 0 aliphatic carbocycles. The molecule has 0 heterocycles. The highest BCUT2D eigenvalue weighted by molar-refractivity contribution is 5.96. The molecular weight excluding hydrogens is 339 g/mol. The van der Waals surface area contributed by atoms with Gasteiger partial charge in [-0.15, -0.1) is 0 Å². The Hall–Kier alpha value is -2.16. The van der Waals surface area contributed by atoms with Crippen molar-refractivity contribution >= 4 is 5.78 Å². The molecule has 0 fully saturated rings. The van der Waals surface area contributed by atoms with Gasteiger partial charge < -0.3 is 5.11 Å². The number of hydrogen-bond donors (Lipinski definition) is 1. The van der Waals surface area contributed by atoms with Crippen LogP contribution in [0.1, 0.15) is 81.5 Å². The molecule has 0 aromatic heterocycles. The quantitative estimate of drug-likeness (QED) is 0.314. The van der Waals surface area contributed by atoms with E-state index in [9.17, 15) is 14.3 Å². The van der Waals surface area contributed by atoms with Crippen LogP contribution in [-0.2, 0) is 0 Å². The first-order valence-electron chi connectivity index (χ1n) is 10.2. The number of Topliss-reactive ketones (excluding diaryl/α,β-unsaturated/α-hetero) is 1. The van der Waals surface area contributed by atoms with Crippen LogP contribution in [0.4, 0.5) is 4.39 Å². The summed E-state index contributed by atoms with van der Waals surface area (Å²) in [6.45, 7) is 2.23. The summed E-state index contributed by atoms with van der Waals surface area (Å²) in [4.78, 5) is 12.3. The molecule has 2 nitrogen and oxygen atoms in total. The second-order valence-electron chi connectivity index (χ2n) is 7.25. The molecule has 0 aliphatic rings. The standard InChI is InChI=1S/C24H31FO2/c1-2-3-4-5-6-7-8-9-10-11-23(26)20-14-12-19(13-15-20)21-16-17-24(27)22(25)18-21/h12-18,27H,2-11H2,1H3. The molecule has 2 aromatic carbocycles. The molecule has 1 N–H and O–H groups in total. The van der Waals surface area contributed by atoms with Crippen molar-refractivity contribution in [3.05, 3.63) is 53.8 Å². The Morgan fingerprint density at radius 3 is 1.96 bits per heavy atom. The summed E-state index contributed by atoms with van der Waals surface area (Å²) in [5.74, 6) is -0.828. The number of carbonyl (C=O) groups excluding carboxylic acids is 1. The van der Waals surface area contributed by atoms with E-state index in [-0.39, 0.29) is 11.5 Å². The zero-order valence-corrected chi connectivity index (χ0v) is 16.3. The Bertz CT molecular complexity index is 707. The summed E-state index contributed by atoms with van der Waals surface area (Å²) in [6.07, 6.45) is 11.8. The lowest BCUT2D eigenvalue weighted by Gasteiger charge is -2.06. The van der Waals surface area contributed by atoms with E-state index in [4.69, 9.17) is 0 Å². The number of halogens is 1. The monoisotopic (exact) mass is 370 g/mol. The molecular formula is C24H31FO2. The average Bonchev–Trinajstić information content (AvgIpc) is 2.69. The zero-order valence-electron chi connectivity index (χ0n) is 16.3. The second-order valence-corrected chi connectivity index (χ2v) is 7.25. The fourth-order valence-electron chi connectivity index (χ4n) is 3.28. The van der Waals surface area contributed by atoms with Crippen LogP contribution in [0.25, 0.3) is 11.1 Å². The topological polar surface area (TPSA) is 37.3 Å². The molecule has 0 radical (unpaired) electrons. The van der Waals surface area contributed by atoms with Gasteiger partial charge in [-0.1, -0.05) is 88.6 Å². The van der Waals surface area contributed by atoms with Crippen molar-refractivity contribution < 1.29 is 14.3 Å². The smallest absolute Gasteiger partial charge is 0.165 e. The van der Waals surface area contributed by atoms with Crippen LogP contribution < -0.4 is 0 Å². The molecule has 0 saturated heterocycles. The fraction of sp³-hybridized carbons (Fsp3) is 0.458. The third-order valence-electron chi connectivity index (χ3n) is 5.00. The molecule has 0 bridgehead atoms. The van der Waals surface area contributed by atoms with Gasteiger partial charge in [0.25, 0.3) is 0 Å². The maximum atomic E-state index is 13.5. The van der Waals surface area contributed by atoms with E-state index in [1.807, 2.05) is 12.1 Å². The van der Waals surface area contributed by atoms with Crippen molar-refractivity contribution in [3.63, 3.8) is 0 Å². The summed E-state index contributed by atoms with van der Waals surface area (Å²) < 4.78 is 13.5. The number of rotatable bonds is 12. The van der Waals surface area contributed by atoms with Gasteiger partial charge in [-0.05, 0) is 29.7 Å². The van der Waals surface area contributed by atoms with Crippen LogP contribution in [0.2, 0.25) is 0 Å². The van der Waals surface area contributed by atoms with E-state index in [1.54, 1.807) is 18.2 Å². The van der Waals surface area contributed by atoms with E-state index in [0.717, 1.165) is 18.4 Å². The molecule has 0 saturated carbocycles. The van der Waals surface area contributed by atoms with Gasteiger partial charge in [0.2, 0.25) is 0 Å². The molecule has 2 rings (SSSR count). The van der Waals surface area contributed by atoms with Gasteiger partial charge >= 0.3 is 0 Å². The normalized spacial score (nSPS) is 10.9. The molecule has 3 heteroatoms. The minimum absolute atomic E-state index is 0.168. The van der Waals surface area contributed by atoms with Gasteiger partial charge in [-0.3, -0.25) is 4.79 Å². The van der Waals surface area contributed by atoms with E-state index in [2.05, 4.69) is 6.92 Å². The van der Waals surface area contributed by atoms with Gasteiger partial charge in [0.1, 0.15) is 0 Å². The van der Waals surface area contributed by atoms with Crippen molar-refractivity contribution in [2.24, 2.45) is 0 Å². The summed E-state index contributed by atoms with van der Waals surface area (Å²) in [7, 11) is 0. The third kappa shape index (κ3) is 7.16. The highest BCUT2D eigenvalue weighted by atomic mass is 19.1. The minimum Gasteiger partial charge on any atom is -0.505 e. The van der Waals surface area contributed by atoms with Crippen LogP contribution in [0.15, 0.2) is 42.5 Å². The molecule has 0 amide bonds. The number of aromatic hydroxyl groups is 1. The third-order valence-corrected chi connectivity index (χ3v) is 5.00. The first-order chi connectivity index (χ1) is 13.1. The van der Waals surface area contributed by atoms with Gasteiger partial charge in [-0.25, -0.2) is 4.39 Å². The predicted octanol–water partition coefficient (Wildman–Crippen LogP) is 7.30. The van der Waals surface area contributed by atoms with Crippen LogP contribution in [0.3, 0.4) is 0 Å². The average molecular weight is 371 g/mol. The molecule has 146 valence electrons. The Kier molecular flexibility index (Phi) is 9.03. The lowest BCUT2D eigenvalue weighted by atomic mass is 9.99. The highest BCUT2D eigenvalue weighted by Gasteiger charge is 2.08. The van der Waals surface area contributed by atoms with Crippen LogP contribution in [0, 0.1) is 5.82 Å². The first-order valence-corrected chi connectivity index (χ1v) is 10.2. The summed E-state index contributed by atoms with van der Waals surface area (Å²) in [5, 5.41) is 9.27. The maximum absolute atomic E-state index is 13.5. The highest BCUT2D eigenvalue weighted by Crippen LogP contribution is 2.25. The lowest BCUT2D eigenvalue weighted by Crippen LogP contribution is -1.98. The van der Waals surface area contributed by atoms with Crippen molar-refractivity contribution in [2.75, 3.05) is 0 Å². The molecule has 0 unspecified atom stereocenters. The summed E-state index contributed by atoms with van der Waals surface area (Å²) >= 11 is 0. The summed E-state index contributed by atoms with van der Waals surface area (Å²) in [6, 6.07) is 11.6. The number of hydrogen-bond acceptors (Lipinski definition) is 2. The molecule has 2 aromatic rings. The van der Waals surface area contributed by atoms with Gasteiger partial charge in [0.15, 0.2) is 17.3 Å². The maximum Gasteiger partial charge on any atom is 0.165 e. The Morgan fingerprint density at radius 2 is 1.37 bits per heavy atom. The Labute approximate surface area is 162 Å². The van der Waals surface area contributed by atoms with E-state index >= 15 is 0 Å². The largest absolute Gasteiger partial charge is 0.505 e. The Balaban J connectivity index is 1.71. The van der Waals surface area contributed by atoms with Crippen molar-refractivity contribution in [1.82, 2.24) is 0 Å². The number of unbranched alkanes of at least 4 members (excludes halogenated alkanes) is 8. The zero-order chi connectivity index (χ0) is 19.5. The second kappa shape index (κ2) is 11.5. The number of ketones is 1. The van der Waals surface area contributed by atoms with E-state index in [0.29, 0.717) is 17.5 Å². The number of benzene rings is 2. The van der Waals surface area contributed by atoms with Crippen molar-refractivity contribution in [1.29, 1.82) is 0 Å². The number of carbonyl (C=O) groups is 1. The van der Waals surface area contributed by atoms with Crippen molar-refractivity contribution in [2.45, 2.75) is 71.1 Å². The minimum atomic E-state index is -0.641. The Morgan fingerprint density at radius 1 is 0.815 bits per heavy atom. The molecule has 27 heavy (non-hydrogen) atoms. The van der Waals surface area contributed by atoms with E-state index < -0.39 is 5.82 Å². The predicted molar refractivity (Wildman–Crippen MR) is 110 cm³/mol. The first kappa shape index (κ1) is 21.1. The summed E-state index contributed by atoms with van der Waals surface area (Å²) in [5.41, 5.74) is 2.22. The van der Waals surface area contributed by atoms with Gasteiger partial charge in [-0.2, -0.15) is 0 Å².